The Kier molecular flexibility index (Phi) is 4.43. The molecule has 4 rings (SSSR count). The number of nitrogens with zero attached hydrogens (tertiary/aromatic N) is 2. The fourth-order valence-corrected chi connectivity index (χ4v) is 3.48. The average molecular weight is 367 g/mol. The maximum atomic E-state index is 13.2. The largest absolute Gasteiger partial charge is 0.491 e. The van der Waals surface area contributed by atoms with Crippen LogP contribution in [0.5, 0.6) is 5.75 Å². The van der Waals surface area contributed by atoms with Gasteiger partial charge >= 0.3 is 5.97 Å². The van der Waals surface area contributed by atoms with Gasteiger partial charge in [-0.2, -0.15) is 0 Å². The molecule has 3 heterocycles. The summed E-state index contributed by atoms with van der Waals surface area (Å²) in [6, 6.07) is 7.50. The number of aliphatic imine (C=N–C) groups is 1. The van der Waals surface area contributed by atoms with Crippen molar-refractivity contribution in [3.63, 3.8) is 0 Å². The standard InChI is InChI=1S/C20H21N3O4/c1-2-26-19(25)20(13-23-10-6-5-9-17(23)22-20)18(24)21-15-11-14-7-3-4-8-16(14)27-12-15/h3-10,15H,2,11-13H2,1H3,(H,21,24)/t15?,20-/m1/s1. The van der Waals surface area contributed by atoms with Gasteiger partial charge in [0.15, 0.2) is 0 Å². The van der Waals surface area contributed by atoms with Crippen molar-refractivity contribution in [1.29, 1.82) is 0 Å². The number of esters is 1. The number of carbonyl (C=O) groups excluding carboxylic acids is 2. The molecule has 0 bridgehead atoms. The number of nitrogens with one attached hydrogen (secondary N) is 1. The molecular formula is C20H21N3O4. The molecule has 1 aromatic rings. The van der Waals surface area contributed by atoms with E-state index in [1.165, 1.54) is 0 Å². The Bertz CT molecular complexity index is 861. The Morgan fingerprint density at radius 2 is 2.22 bits per heavy atom. The van der Waals surface area contributed by atoms with Crippen molar-refractivity contribution < 1.29 is 19.1 Å². The third-order valence-electron chi connectivity index (χ3n) is 4.82. The Morgan fingerprint density at radius 1 is 1.37 bits per heavy atom. The number of hydrogen-bond donors (Lipinski definition) is 1. The summed E-state index contributed by atoms with van der Waals surface area (Å²) in [6.07, 6.45) is 7.87. The molecule has 3 aliphatic heterocycles. The van der Waals surface area contributed by atoms with E-state index in [4.69, 9.17) is 9.47 Å². The van der Waals surface area contributed by atoms with Crippen LogP contribution < -0.4 is 10.1 Å². The number of ether oxygens (including phenoxy) is 2. The van der Waals surface area contributed by atoms with Gasteiger partial charge in [-0.05, 0) is 37.1 Å². The second kappa shape index (κ2) is 6.90. The SMILES string of the molecule is CCOC(=O)[C@]1(C(=O)NC2COc3ccccc3C2)CN2C=CC=CC2=N1. The van der Waals surface area contributed by atoms with Crippen LogP contribution >= 0.6 is 0 Å². The van der Waals surface area contributed by atoms with Gasteiger partial charge in [-0.15, -0.1) is 0 Å². The minimum atomic E-state index is -1.61. The zero-order valence-electron chi connectivity index (χ0n) is 15.1. The highest BCUT2D eigenvalue weighted by atomic mass is 16.5. The first kappa shape index (κ1) is 17.3. The average Bonchev–Trinajstić information content (AvgIpc) is 3.09. The molecule has 0 fully saturated rings. The van der Waals surface area contributed by atoms with Gasteiger partial charge in [0.2, 0.25) is 0 Å². The van der Waals surface area contributed by atoms with Crippen molar-refractivity contribution >= 4 is 17.7 Å². The van der Waals surface area contributed by atoms with Crippen molar-refractivity contribution in [2.24, 2.45) is 4.99 Å². The van der Waals surface area contributed by atoms with Crippen LogP contribution in [0.25, 0.3) is 0 Å². The summed E-state index contributed by atoms with van der Waals surface area (Å²) in [5.74, 6) is 0.309. The van der Waals surface area contributed by atoms with Crippen LogP contribution in [-0.4, -0.2) is 54.0 Å². The Hall–Kier alpha value is -3.09. The quantitative estimate of drug-likeness (QED) is 0.639. The number of para-hydroxylation sites is 1. The molecular weight excluding hydrogens is 346 g/mol. The molecule has 0 spiro atoms. The number of rotatable bonds is 4. The third kappa shape index (κ3) is 3.09. The third-order valence-corrected chi connectivity index (χ3v) is 4.82. The molecule has 0 saturated heterocycles. The summed E-state index contributed by atoms with van der Waals surface area (Å²) in [5, 5.41) is 2.94. The minimum absolute atomic E-state index is 0.123. The molecule has 7 heteroatoms. The van der Waals surface area contributed by atoms with E-state index < -0.39 is 17.4 Å². The first-order chi connectivity index (χ1) is 13.1. The summed E-state index contributed by atoms with van der Waals surface area (Å²) in [4.78, 5) is 32.1. The van der Waals surface area contributed by atoms with Crippen LogP contribution in [-0.2, 0) is 20.7 Å². The molecule has 0 saturated carbocycles. The summed E-state index contributed by atoms with van der Waals surface area (Å²) < 4.78 is 10.9. The molecule has 0 aliphatic carbocycles. The zero-order valence-corrected chi connectivity index (χ0v) is 15.1. The number of hydrogen-bond acceptors (Lipinski definition) is 6. The first-order valence-electron chi connectivity index (χ1n) is 9.02. The van der Waals surface area contributed by atoms with Crippen molar-refractivity contribution in [2.75, 3.05) is 19.8 Å². The monoisotopic (exact) mass is 367 g/mol. The smallest absolute Gasteiger partial charge is 0.345 e. The van der Waals surface area contributed by atoms with Crippen molar-refractivity contribution in [1.82, 2.24) is 10.2 Å². The van der Waals surface area contributed by atoms with Crippen LogP contribution in [0.2, 0.25) is 0 Å². The minimum Gasteiger partial charge on any atom is -0.491 e. The summed E-state index contributed by atoms with van der Waals surface area (Å²) >= 11 is 0. The maximum absolute atomic E-state index is 13.2. The van der Waals surface area contributed by atoms with E-state index in [1.54, 1.807) is 24.1 Å². The lowest BCUT2D eigenvalue weighted by atomic mass is 9.97. The maximum Gasteiger partial charge on any atom is 0.345 e. The highest BCUT2D eigenvalue weighted by molar-refractivity contribution is 6.13. The molecule has 0 aromatic heterocycles. The van der Waals surface area contributed by atoms with Crippen LogP contribution in [0.4, 0.5) is 0 Å². The number of allylic oxidation sites excluding steroid dienone is 2. The fraction of sp³-hybridized carbons (Fsp3) is 0.350. The fourth-order valence-electron chi connectivity index (χ4n) is 3.48. The van der Waals surface area contributed by atoms with Crippen molar-refractivity contribution in [3.8, 4) is 5.75 Å². The lowest BCUT2D eigenvalue weighted by Crippen LogP contribution is -2.58. The molecule has 1 aromatic carbocycles. The molecule has 1 amide bonds. The second-order valence-corrected chi connectivity index (χ2v) is 6.67. The first-order valence-corrected chi connectivity index (χ1v) is 9.02. The highest BCUT2D eigenvalue weighted by Gasteiger charge is 2.53. The number of carbonyl (C=O) groups is 2. The molecule has 1 N–H and O–H groups in total. The Balaban J connectivity index is 1.56. The van der Waals surface area contributed by atoms with Gasteiger partial charge in [0.05, 0.1) is 19.2 Å². The normalized spacial score (nSPS) is 25.1. The second-order valence-electron chi connectivity index (χ2n) is 6.67. The summed E-state index contributed by atoms with van der Waals surface area (Å²) in [5.41, 5.74) is -0.582. The van der Waals surface area contributed by atoms with Gasteiger partial charge < -0.3 is 19.7 Å². The van der Waals surface area contributed by atoms with Gasteiger partial charge in [0.25, 0.3) is 11.4 Å². The Labute approximate surface area is 157 Å². The van der Waals surface area contributed by atoms with Gasteiger partial charge in [0, 0.05) is 6.20 Å². The lowest BCUT2D eigenvalue weighted by molar-refractivity contribution is -0.154. The predicted molar refractivity (Wildman–Crippen MR) is 99.4 cm³/mol. The van der Waals surface area contributed by atoms with Crippen LogP contribution in [0.3, 0.4) is 0 Å². The van der Waals surface area contributed by atoms with E-state index >= 15 is 0 Å². The van der Waals surface area contributed by atoms with Gasteiger partial charge in [-0.3, -0.25) is 4.79 Å². The number of fused-ring (bicyclic) bond motifs is 2. The van der Waals surface area contributed by atoms with Crippen LogP contribution in [0.1, 0.15) is 12.5 Å². The lowest BCUT2D eigenvalue weighted by Gasteiger charge is -2.30. The molecule has 140 valence electrons. The van der Waals surface area contributed by atoms with E-state index in [9.17, 15) is 9.59 Å². The van der Waals surface area contributed by atoms with Crippen LogP contribution in [0, 0.1) is 0 Å². The van der Waals surface area contributed by atoms with E-state index in [-0.39, 0.29) is 19.2 Å². The van der Waals surface area contributed by atoms with Crippen molar-refractivity contribution in [3.05, 3.63) is 54.3 Å². The van der Waals surface area contributed by atoms with Crippen LogP contribution in [0.15, 0.2) is 53.7 Å². The van der Waals surface area contributed by atoms with E-state index in [1.807, 2.05) is 36.4 Å². The van der Waals surface area contributed by atoms with Gasteiger partial charge in [-0.1, -0.05) is 24.3 Å². The molecule has 7 nitrogen and oxygen atoms in total. The van der Waals surface area contributed by atoms with Gasteiger partial charge in [0.1, 0.15) is 18.2 Å². The van der Waals surface area contributed by atoms with Gasteiger partial charge in [-0.25, -0.2) is 9.79 Å². The number of benzene rings is 1. The highest BCUT2D eigenvalue weighted by Crippen LogP contribution is 2.28. The molecule has 1 unspecified atom stereocenters. The molecule has 0 radical (unpaired) electrons. The van der Waals surface area contributed by atoms with Crippen molar-refractivity contribution in [2.45, 2.75) is 24.9 Å². The topological polar surface area (TPSA) is 80.2 Å². The van der Waals surface area contributed by atoms with E-state index in [0.717, 1.165) is 11.3 Å². The molecule has 3 aliphatic rings. The predicted octanol–water partition coefficient (Wildman–Crippen LogP) is 1.21. The number of amides is 1. The molecule has 27 heavy (non-hydrogen) atoms. The Morgan fingerprint density at radius 3 is 3.04 bits per heavy atom. The van der Waals surface area contributed by atoms with E-state index in [0.29, 0.717) is 18.9 Å². The molecule has 2 atom stereocenters. The zero-order chi connectivity index (χ0) is 18.9. The summed E-state index contributed by atoms with van der Waals surface area (Å²) in [6.45, 7) is 2.37. The summed E-state index contributed by atoms with van der Waals surface area (Å²) in [7, 11) is 0. The number of amidine groups is 1. The van der Waals surface area contributed by atoms with E-state index in [2.05, 4.69) is 10.3 Å².